The molecule has 0 saturated carbocycles. The molecule has 1 N–H and O–H groups in total. The Labute approximate surface area is 187 Å². The van der Waals surface area contributed by atoms with Gasteiger partial charge in [-0.25, -0.2) is 0 Å². The third kappa shape index (κ3) is 5.08. The minimum absolute atomic E-state index is 0.0987. The molecule has 0 spiro atoms. The number of carbonyl (C=O) groups excluding carboxylic acids is 1. The highest BCUT2D eigenvalue weighted by atomic mass is 16.5. The molecule has 4 rings (SSSR count). The smallest absolute Gasteiger partial charge is 0.258 e. The fourth-order valence-electron chi connectivity index (χ4n) is 3.30. The molecule has 32 heavy (non-hydrogen) atoms. The third-order valence-electron chi connectivity index (χ3n) is 4.97. The van der Waals surface area contributed by atoms with Crippen molar-refractivity contribution < 1.29 is 19.4 Å². The summed E-state index contributed by atoms with van der Waals surface area (Å²) >= 11 is 0. The molecule has 4 aromatic rings. The standard InChI is InChI=1S/C27H23NO4/c1-31-24-14-10-20(11-15-24)19-28(22-6-5-7-23(29)18-22)27(30)21-12-16-26(17-13-21)32-25-8-3-2-4-9-25/h2-18,29H,19H2,1H3. The van der Waals surface area contributed by atoms with Crippen LogP contribution in [-0.2, 0) is 6.54 Å². The summed E-state index contributed by atoms with van der Waals surface area (Å²) in [5.41, 5.74) is 2.06. The van der Waals surface area contributed by atoms with E-state index in [1.807, 2.05) is 54.6 Å². The van der Waals surface area contributed by atoms with Gasteiger partial charge in [0.15, 0.2) is 0 Å². The van der Waals surface area contributed by atoms with E-state index in [0.29, 0.717) is 23.5 Å². The number of aromatic hydroxyl groups is 1. The predicted molar refractivity (Wildman–Crippen MR) is 125 cm³/mol. The van der Waals surface area contributed by atoms with Gasteiger partial charge in [0, 0.05) is 17.3 Å². The SMILES string of the molecule is COc1ccc(CN(C(=O)c2ccc(Oc3ccccc3)cc2)c2cccc(O)c2)cc1. The van der Waals surface area contributed by atoms with Crippen LogP contribution >= 0.6 is 0 Å². The number of para-hydroxylation sites is 1. The van der Waals surface area contributed by atoms with Crippen molar-refractivity contribution in [3.63, 3.8) is 0 Å². The van der Waals surface area contributed by atoms with E-state index in [4.69, 9.17) is 9.47 Å². The number of nitrogens with zero attached hydrogens (tertiary/aromatic N) is 1. The van der Waals surface area contributed by atoms with Gasteiger partial charge in [-0.2, -0.15) is 0 Å². The van der Waals surface area contributed by atoms with Crippen LogP contribution in [0.1, 0.15) is 15.9 Å². The fourth-order valence-corrected chi connectivity index (χ4v) is 3.30. The Morgan fingerprint density at radius 2 is 1.44 bits per heavy atom. The summed E-state index contributed by atoms with van der Waals surface area (Å²) in [7, 11) is 1.61. The van der Waals surface area contributed by atoms with Crippen molar-refractivity contribution in [1.29, 1.82) is 0 Å². The molecule has 5 nitrogen and oxygen atoms in total. The number of anilines is 1. The van der Waals surface area contributed by atoms with E-state index in [2.05, 4.69) is 0 Å². The second-order valence-corrected chi connectivity index (χ2v) is 7.20. The first-order chi connectivity index (χ1) is 15.6. The molecule has 1 amide bonds. The largest absolute Gasteiger partial charge is 0.508 e. The van der Waals surface area contributed by atoms with E-state index >= 15 is 0 Å². The predicted octanol–water partition coefficient (Wildman–Crippen LogP) is 6.04. The van der Waals surface area contributed by atoms with E-state index in [1.165, 1.54) is 0 Å². The Kier molecular flexibility index (Phi) is 6.37. The second kappa shape index (κ2) is 9.71. The highest BCUT2D eigenvalue weighted by molar-refractivity contribution is 6.06. The molecule has 0 aromatic heterocycles. The van der Waals surface area contributed by atoms with Gasteiger partial charge in [-0.05, 0) is 66.2 Å². The summed E-state index contributed by atoms with van der Waals surface area (Å²) in [6.07, 6.45) is 0. The summed E-state index contributed by atoms with van der Waals surface area (Å²) in [5.74, 6) is 2.04. The Bertz CT molecular complexity index is 1170. The van der Waals surface area contributed by atoms with Crippen molar-refractivity contribution in [2.75, 3.05) is 12.0 Å². The van der Waals surface area contributed by atoms with Gasteiger partial charge in [0.2, 0.25) is 0 Å². The minimum atomic E-state index is -0.183. The molecule has 160 valence electrons. The van der Waals surface area contributed by atoms with Gasteiger partial charge >= 0.3 is 0 Å². The molecule has 0 radical (unpaired) electrons. The van der Waals surface area contributed by atoms with Crippen molar-refractivity contribution in [1.82, 2.24) is 0 Å². The van der Waals surface area contributed by atoms with Gasteiger partial charge in [0.1, 0.15) is 23.0 Å². The summed E-state index contributed by atoms with van der Waals surface area (Å²) in [6, 6.07) is 30.7. The molecule has 0 aliphatic heterocycles. The topological polar surface area (TPSA) is 59.0 Å². The van der Waals surface area contributed by atoms with Gasteiger partial charge in [-0.1, -0.05) is 36.4 Å². The average molecular weight is 425 g/mol. The van der Waals surface area contributed by atoms with Crippen molar-refractivity contribution in [3.05, 3.63) is 114 Å². The summed E-state index contributed by atoms with van der Waals surface area (Å²) in [5, 5.41) is 9.95. The first kappa shape index (κ1) is 21.0. The van der Waals surface area contributed by atoms with Crippen LogP contribution in [0.2, 0.25) is 0 Å². The number of carbonyl (C=O) groups is 1. The van der Waals surface area contributed by atoms with Gasteiger partial charge in [-0.15, -0.1) is 0 Å². The highest BCUT2D eigenvalue weighted by Crippen LogP contribution is 2.26. The van der Waals surface area contributed by atoms with E-state index in [-0.39, 0.29) is 11.7 Å². The summed E-state index contributed by atoms with van der Waals surface area (Å²) in [4.78, 5) is 15.1. The maximum Gasteiger partial charge on any atom is 0.258 e. The number of benzene rings is 4. The molecule has 0 aliphatic rings. The lowest BCUT2D eigenvalue weighted by Gasteiger charge is -2.23. The quantitative estimate of drug-likeness (QED) is 0.392. The van der Waals surface area contributed by atoms with Gasteiger partial charge < -0.3 is 19.5 Å². The molecule has 0 bridgehead atoms. The maximum atomic E-state index is 13.4. The first-order valence-electron chi connectivity index (χ1n) is 10.2. The zero-order chi connectivity index (χ0) is 22.3. The highest BCUT2D eigenvalue weighted by Gasteiger charge is 2.19. The lowest BCUT2D eigenvalue weighted by molar-refractivity contribution is 0.0985. The van der Waals surface area contributed by atoms with Crippen LogP contribution in [0, 0.1) is 0 Å². The number of phenolic OH excluding ortho intramolecular Hbond substituents is 1. The normalized spacial score (nSPS) is 10.4. The molecule has 0 aliphatic carbocycles. The minimum Gasteiger partial charge on any atom is -0.508 e. The van der Waals surface area contributed by atoms with Gasteiger partial charge in [0.25, 0.3) is 5.91 Å². The van der Waals surface area contributed by atoms with E-state index < -0.39 is 0 Å². The number of rotatable bonds is 7. The van der Waals surface area contributed by atoms with Crippen LogP contribution in [0.3, 0.4) is 0 Å². The van der Waals surface area contributed by atoms with Crippen LogP contribution < -0.4 is 14.4 Å². The molecular formula is C27H23NO4. The van der Waals surface area contributed by atoms with Crippen LogP contribution in [0.4, 0.5) is 5.69 Å². The molecule has 0 fully saturated rings. The van der Waals surface area contributed by atoms with E-state index in [9.17, 15) is 9.90 Å². The Morgan fingerprint density at radius 1 is 0.781 bits per heavy atom. The molecule has 0 atom stereocenters. The van der Waals surface area contributed by atoms with Crippen LogP contribution in [0.15, 0.2) is 103 Å². The number of methoxy groups -OCH3 is 1. The second-order valence-electron chi connectivity index (χ2n) is 7.20. The number of hydrogen-bond donors (Lipinski definition) is 1. The fraction of sp³-hybridized carbons (Fsp3) is 0.0741. The van der Waals surface area contributed by atoms with Crippen LogP contribution in [0.5, 0.6) is 23.0 Å². The first-order valence-corrected chi connectivity index (χ1v) is 10.2. The Balaban J connectivity index is 1.59. The number of amides is 1. The van der Waals surface area contributed by atoms with E-state index in [0.717, 1.165) is 17.1 Å². The Morgan fingerprint density at radius 3 is 2.09 bits per heavy atom. The maximum absolute atomic E-state index is 13.4. The lowest BCUT2D eigenvalue weighted by Crippen LogP contribution is -2.30. The molecule has 0 saturated heterocycles. The molecular weight excluding hydrogens is 402 g/mol. The van der Waals surface area contributed by atoms with Crippen LogP contribution in [-0.4, -0.2) is 18.1 Å². The molecule has 0 unspecified atom stereocenters. The summed E-state index contributed by atoms with van der Waals surface area (Å²) in [6.45, 7) is 0.342. The van der Waals surface area contributed by atoms with E-state index in [1.54, 1.807) is 60.5 Å². The third-order valence-corrected chi connectivity index (χ3v) is 4.97. The van der Waals surface area contributed by atoms with Gasteiger partial charge in [0.05, 0.1) is 13.7 Å². The summed E-state index contributed by atoms with van der Waals surface area (Å²) < 4.78 is 11.0. The number of hydrogen-bond acceptors (Lipinski definition) is 4. The van der Waals surface area contributed by atoms with Crippen molar-refractivity contribution in [3.8, 4) is 23.0 Å². The molecule has 4 aromatic carbocycles. The number of ether oxygens (including phenoxy) is 2. The van der Waals surface area contributed by atoms with Crippen LogP contribution in [0.25, 0.3) is 0 Å². The van der Waals surface area contributed by atoms with Crippen molar-refractivity contribution in [2.24, 2.45) is 0 Å². The molecule has 5 heteroatoms. The van der Waals surface area contributed by atoms with Gasteiger partial charge in [-0.3, -0.25) is 4.79 Å². The lowest BCUT2D eigenvalue weighted by atomic mass is 10.1. The number of phenols is 1. The average Bonchev–Trinajstić information content (AvgIpc) is 2.83. The molecule has 0 heterocycles. The van der Waals surface area contributed by atoms with Crippen molar-refractivity contribution >= 4 is 11.6 Å². The zero-order valence-corrected chi connectivity index (χ0v) is 17.6. The van der Waals surface area contributed by atoms with Crippen molar-refractivity contribution in [2.45, 2.75) is 6.54 Å². The Hall–Kier alpha value is -4.25. The zero-order valence-electron chi connectivity index (χ0n) is 17.6. The monoisotopic (exact) mass is 425 g/mol.